The van der Waals surface area contributed by atoms with Gasteiger partial charge in [-0.1, -0.05) is 101 Å². The Bertz CT molecular complexity index is 2730. The van der Waals surface area contributed by atoms with Crippen molar-refractivity contribution >= 4 is 78.5 Å². The molecule has 7 rings (SSSR count). The molecule has 1 N–H and O–H groups in total. The summed E-state index contributed by atoms with van der Waals surface area (Å²) < 4.78 is 42.1. The van der Waals surface area contributed by atoms with Crippen LogP contribution in [0, 0.1) is 11.3 Å². The molecule has 5 atom stereocenters. The normalized spacial score (nSPS) is 18.4. The number of hydrogen-bond acceptors (Lipinski definition) is 13. The lowest BCUT2D eigenvalue weighted by atomic mass is 9.80. The van der Waals surface area contributed by atoms with E-state index in [1.165, 1.54) is 19.2 Å². The number of imide groups is 1. The molecule has 3 amide bonds. The van der Waals surface area contributed by atoms with Crippen LogP contribution in [-0.4, -0.2) is 94.6 Å². The van der Waals surface area contributed by atoms with Crippen molar-refractivity contribution in [2.75, 3.05) is 32.8 Å². The van der Waals surface area contributed by atoms with E-state index in [1.54, 1.807) is 14.2 Å². The Morgan fingerprint density at radius 1 is 0.829 bits per heavy atom. The predicted molar refractivity (Wildman–Crippen MR) is 266 cm³/mol. The number of aromatic nitrogens is 2. The molecule has 70 heavy (non-hydrogen) atoms. The first-order valence-electron chi connectivity index (χ1n) is 22.0. The third-order valence-electron chi connectivity index (χ3n) is 11.7. The molecule has 0 saturated carbocycles. The highest BCUT2D eigenvalue weighted by atomic mass is 35.5. The number of methoxy groups -OCH3 is 2. The number of nitriles is 1. The summed E-state index contributed by atoms with van der Waals surface area (Å²) >= 11 is 26.4. The van der Waals surface area contributed by atoms with Gasteiger partial charge in [0.15, 0.2) is 6.23 Å². The van der Waals surface area contributed by atoms with Crippen LogP contribution in [0.25, 0.3) is 0 Å². The summed E-state index contributed by atoms with van der Waals surface area (Å²) in [5.74, 6) is -1.24. The van der Waals surface area contributed by atoms with Crippen LogP contribution in [-0.2, 0) is 28.9 Å². The van der Waals surface area contributed by atoms with Crippen molar-refractivity contribution in [3.8, 4) is 17.6 Å². The van der Waals surface area contributed by atoms with Gasteiger partial charge >= 0.3 is 5.69 Å². The number of nitrogens with zero attached hydrogens (tertiary/aromatic N) is 5. The first kappa shape index (κ1) is 52.7. The minimum absolute atomic E-state index is 0.00787. The smallest absolute Gasteiger partial charge is 0.351 e. The topological polar surface area (TPSA) is 184 Å². The van der Waals surface area contributed by atoms with Crippen molar-refractivity contribution < 1.29 is 42.4 Å². The van der Waals surface area contributed by atoms with Gasteiger partial charge in [0.1, 0.15) is 41.2 Å². The summed E-state index contributed by atoms with van der Waals surface area (Å²) in [6.45, 7) is 8.65. The second kappa shape index (κ2) is 22.5. The maximum atomic E-state index is 15.0. The second-order valence-corrected chi connectivity index (χ2v) is 19.6. The van der Waals surface area contributed by atoms with Crippen LogP contribution in [0.2, 0.25) is 20.1 Å². The molecule has 1 saturated heterocycles. The first-order chi connectivity index (χ1) is 33.5. The van der Waals surface area contributed by atoms with Crippen molar-refractivity contribution in [1.29, 1.82) is 5.26 Å². The fourth-order valence-electron chi connectivity index (χ4n) is 8.66. The molecule has 1 aromatic heterocycles. The maximum absolute atomic E-state index is 15.0. The van der Waals surface area contributed by atoms with E-state index in [9.17, 15) is 14.9 Å². The van der Waals surface area contributed by atoms with E-state index in [1.807, 2.05) is 111 Å². The lowest BCUT2D eigenvalue weighted by molar-refractivity contribution is -0.114. The summed E-state index contributed by atoms with van der Waals surface area (Å²) in [5, 5.41) is 11.0. The van der Waals surface area contributed by atoms with Crippen molar-refractivity contribution in [3.63, 3.8) is 0 Å². The van der Waals surface area contributed by atoms with E-state index in [-0.39, 0.29) is 68.8 Å². The van der Waals surface area contributed by atoms with E-state index in [0.717, 1.165) is 9.47 Å². The lowest BCUT2D eigenvalue weighted by Gasteiger charge is -2.40. The number of halogens is 4. The van der Waals surface area contributed by atoms with Crippen LogP contribution >= 0.6 is 54.9 Å². The Morgan fingerprint density at radius 2 is 1.36 bits per heavy atom. The molecule has 0 radical (unpaired) electrons. The Morgan fingerprint density at radius 3 is 1.83 bits per heavy atom. The molecule has 21 heteroatoms. The lowest BCUT2D eigenvalue weighted by Crippen LogP contribution is -2.52. The molecule has 368 valence electrons. The van der Waals surface area contributed by atoms with Gasteiger partial charge in [-0.2, -0.15) is 10.2 Å². The molecule has 5 aromatic rings. The molecule has 16 nitrogen and oxygen atoms in total. The summed E-state index contributed by atoms with van der Waals surface area (Å²) in [5.41, 5.74) is -0.935. The van der Waals surface area contributed by atoms with E-state index in [2.05, 4.69) is 16.4 Å². The first-order valence-corrected chi connectivity index (χ1v) is 24.6. The van der Waals surface area contributed by atoms with E-state index < -0.39 is 62.0 Å². The largest absolute Gasteiger partial charge is 0.497 e. The van der Waals surface area contributed by atoms with Crippen LogP contribution in [0.1, 0.15) is 84.7 Å². The van der Waals surface area contributed by atoms with Crippen LogP contribution in [0.5, 0.6) is 11.5 Å². The number of rotatable bonds is 19. The SMILES string of the molecule is COc1ccc(C(OC[C@H]2O[C@@H](n3ccc(NC(C)=O)nc3=O)[C@H](N3C(=O)c4c(Cl)c(Cl)c(Cl)c(Cl)c4C3=O)[C@@H]2OP(OCCC#N)N(C(C)C)C(C)C)(c2ccccc2)c2ccc(OC)cc2)cc1. The average Bonchev–Trinajstić information content (AvgIpc) is 3.81. The number of hydrogen-bond donors (Lipinski definition) is 1. The Kier molecular flexibility index (Phi) is 16.9. The van der Waals surface area contributed by atoms with Crippen LogP contribution in [0.15, 0.2) is 95.9 Å². The average molecular weight is 1050 g/mol. The minimum atomic E-state index is -2.17. The maximum Gasteiger partial charge on any atom is 0.351 e. The standard InChI is InChI=1S/C49H49Cl4N6O10P/c1-27(2)59(28(3)4)70(67-25-11-23-54)69-44-35(26-66-49(30-12-9-8-10-13-30,31-14-18-33(64-6)19-15-31)32-16-20-34(65-7)21-17-32)68-47(57-24-22-36(55-29(5)60)56-48(57)63)43(44)58-45(61)37-38(46(58)62)40(51)42(53)41(52)39(37)50/h8-10,12-22,24,27-28,35,43-44,47H,11,25-26H2,1-7H3,(H,55,56,60,63)/t35-,43-,44-,47-,70?/m1/s1. The molecular formula is C49H49Cl4N6O10P. The van der Waals surface area contributed by atoms with Gasteiger partial charge in [0.05, 0.1) is 71.1 Å². The highest BCUT2D eigenvalue weighted by Gasteiger charge is 2.58. The van der Waals surface area contributed by atoms with Gasteiger partial charge in [0.2, 0.25) is 5.91 Å². The summed E-state index contributed by atoms with van der Waals surface area (Å²) in [7, 11) is 0.960. The van der Waals surface area contributed by atoms with Gasteiger partial charge in [-0.3, -0.25) is 23.9 Å². The van der Waals surface area contributed by atoms with Crippen LogP contribution in [0.4, 0.5) is 5.82 Å². The van der Waals surface area contributed by atoms with Gasteiger partial charge in [-0.25, -0.2) is 9.46 Å². The zero-order valence-electron chi connectivity index (χ0n) is 39.0. The molecule has 0 bridgehead atoms. The summed E-state index contributed by atoms with van der Waals surface area (Å²) in [4.78, 5) is 61.3. The van der Waals surface area contributed by atoms with E-state index in [0.29, 0.717) is 28.2 Å². The number of nitrogens with one attached hydrogen (secondary N) is 1. The van der Waals surface area contributed by atoms with Crippen molar-refractivity contribution in [1.82, 2.24) is 19.1 Å². The number of carbonyl (C=O) groups is 3. The molecular weight excluding hydrogens is 1010 g/mol. The fraction of sp³-hybridized carbons (Fsp3) is 0.347. The van der Waals surface area contributed by atoms with Gasteiger partial charge in [0, 0.05) is 25.2 Å². The monoisotopic (exact) mass is 1050 g/mol. The molecule has 2 aliphatic heterocycles. The molecule has 4 aromatic carbocycles. The van der Waals surface area contributed by atoms with Crippen LogP contribution < -0.4 is 20.5 Å². The van der Waals surface area contributed by atoms with E-state index in [4.69, 9.17) is 74.4 Å². The zero-order chi connectivity index (χ0) is 50.6. The number of amides is 3. The number of anilines is 1. The molecule has 1 unspecified atom stereocenters. The highest BCUT2D eigenvalue weighted by molar-refractivity contribution is 7.44. The van der Waals surface area contributed by atoms with Gasteiger partial charge in [-0.15, -0.1) is 0 Å². The van der Waals surface area contributed by atoms with Crippen LogP contribution in [0.3, 0.4) is 0 Å². The molecule has 2 aliphatic rings. The van der Waals surface area contributed by atoms with Crippen molar-refractivity contribution in [2.24, 2.45) is 0 Å². The number of ether oxygens (including phenoxy) is 4. The summed E-state index contributed by atoms with van der Waals surface area (Å²) in [6, 6.07) is 25.7. The molecule has 0 spiro atoms. The molecule has 3 heterocycles. The molecule has 1 fully saturated rings. The molecule has 0 aliphatic carbocycles. The highest BCUT2D eigenvalue weighted by Crippen LogP contribution is 2.53. The Balaban J connectivity index is 1.47. The Hall–Kier alpha value is -5.15. The van der Waals surface area contributed by atoms with Gasteiger partial charge < -0.3 is 33.3 Å². The second-order valence-electron chi connectivity index (χ2n) is 16.7. The Labute approximate surface area is 426 Å². The quantitative estimate of drug-likeness (QED) is 0.0206. The van der Waals surface area contributed by atoms with Gasteiger partial charge in [0.25, 0.3) is 20.3 Å². The third-order valence-corrected chi connectivity index (χ3v) is 15.6. The van der Waals surface area contributed by atoms with Gasteiger partial charge in [-0.05, 0) is 74.7 Å². The van der Waals surface area contributed by atoms with Crippen molar-refractivity contribution in [2.45, 2.75) is 83.2 Å². The zero-order valence-corrected chi connectivity index (χ0v) is 42.9. The van der Waals surface area contributed by atoms with E-state index >= 15 is 9.59 Å². The predicted octanol–water partition coefficient (Wildman–Crippen LogP) is 10.1. The minimum Gasteiger partial charge on any atom is -0.497 e. The fourth-order valence-corrected chi connectivity index (χ4v) is 11.4. The summed E-state index contributed by atoms with van der Waals surface area (Å²) in [6.07, 6.45) is -2.90. The number of benzene rings is 4. The third kappa shape index (κ3) is 10.3. The number of carbonyl (C=O) groups excluding carboxylic acids is 3. The van der Waals surface area contributed by atoms with Crippen molar-refractivity contribution in [3.05, 3.63) is 150 Å². The number of fused-ring (bicyclic) bond motifs is 1.